The predicted molar refractivity (Wildman–Crippen MR) is 77.1 cm³/mol. The Kier molecular flexibility index (Phi) is 4.91. The summed E-state index contributed by atoms with van der Waals surface area (Å²) in [5, 5.41) is 13.1. The Morgan fingerprint density at radius 1 is 1.42 bits per heavy atom. The van der Waals surface area contributed by atoms with E-state index in [2.05, 4.69) is 41.3 Å². The molecule has 19 heavy (non-hydrogen) atoms. The molecular formula is C15H25N3O. The molecule has 1 heterocycles. The molecule has 0 bridgehead atoms. The van der Waals surface area contributed by atoms with E-state index in [-0.39, 0.29) is 12.1 Å². The molecular weight excluding hydrogens is 238 g/mol. The van der Waals surface area contributed by atoms with Crippen molar-refractivity contribution in [3.05, 3.63) is 30.1 Å². The molecule has 1 unspecified atom stereocenters. The van der Waals surface area contributed by atoms with Gasteiger partial charge >= 0.3 is 0 Å². The monoisotopic (exact) mass is 263 g/mol. The van der Waals surface area contributed by atoms with Gasteiger partial charge in [-0.3, -0.25) is 4.98 Å². The van der Waals surface area contributed by atoms with E-state index in [1.807, 2.05) is 12.4 Å². The predicted octanol–water partition coefficient (Wildman–Crippen LogP) is 1.06. The van der Waals surface area contributed by atoms with Crippen LogP contribution in [0.3, 0.4) is 0 Å². The highest BCUT2D eigenvalue weighted by atomic mass is 16.3. The number of hydrogen-bond acceptors (Lipinski definition) is 4. The zero-order valence-electron chi connectivity index (χ0n) is 12.0. The van der Waals surface area contributed by atoms with Crippen LogP contribution in [0, 0.1) is 0 Å². The third kappa shape index (κ3) is 4.90. The second-order valence-electron chi connectivity index (χ2n) is 5.98. The Balaban J connectivity index is 1.77. The van der Waals surface area contributed by atoms with Gasteiger partial charge in [-0.2, -0.15) is 0 Å². The Morgan fingerprint density at radius 2 is 2.11 bits per heavy atom. The fourth-order valence-electron chi connectivity index (χ4n) is 2.41. The molecule has 106 valence electrons. The summed E-state index contributed by atoms with van der Waals surface area (Å²) in [6, 6.07) is 4.73. The van der Waals surface area contributed by atoms with Gasteiger partial charge in [0.1, 0.15) is 0 Å². The molecule has 1 fully saturated rings. The number of likely N-dealkylation sites (N-methyl/N-ethyl adjacent to an activating group) is 1. The highest BCUT2D eigenvalue weighted by molar-refractivity contribution is 5.10. The van der Waals surface area contributed by atoms with Crippen LogP contribution in [-0.4, -0.2) is 53.3 Å². The molecule has 1 saturated carbocycles. The summed E-state index contributed by atoms with van der Waals surface area (Å²) in [5.41, 5.74) is 1.12. The fraction of sp³-hybridized carbons (Fsp3) is 0.667. The molecule has 0 spiro atoms. The maximum absolute atomic E-state index is 9.60. The highest BCUT2D eigenvalue weighted by Gasteiger charge is 2.32. The summed E-state index contributed by atoms with van der Waals surface area (Å²) >= 11 is 0. The lowest BCUT2D eigenvalue weighted by Crippen LogP contribution is -2.54. The normalized spacial score (nSPS) is 18.5. The number of aliphatic hydroxyl groups is 1. The minimum absolute atomic E-state index is 0.184. The van der Waals surface area contributed by atoms with E-state index >= 15 is 0 Å². The SMILES string of the molecule is CN(CCc1ccncc1)CC(C)(CO)NC1CC1. The molecule has 0 aromatic carbocycles. The lowest BCUT2D eigenvalue weighted by Gasteiger charge is -2.33. The molecule has 0 saturated heterocycles. The van der Waals surface area contributed by atoms with E-state index in [4.69, 9.17) is 0 Å². The van der Waals surface area contributed by atoms with Crippen LogP contribution in [0.5, 0.6) is 0 Å². The van der Waals surface area contributed by atoms with Crippen molar-refractivity contribution in [3.63, 3.8) is 0 Å². The molecule has 4 heteroatoms. The van der Waals surface area contributed by atoms with Crippen molar-refractivity contribution in [1.29, 1.82) is 0 Å². The summed E-state index contributed by atoms with van der Waals surface area (Å²) < 4.78 is 0. The molecule has 1 aliphatic rings. The van der Waals surface area contributed by atoms with Crippen molar-refractivity contribution in [2.24, 2.45) is 0 Å². The summed E-state index contributed by atoms with van der Waals surface area (Å²) in [4.78, 5) is 6.31. The van der Waals surface area contributed by atoms with Crippen molar-refractivity contribution in [1.82, 2.24) is 15.2 Å². The van der Waals surface area contributed by atoms with E-state index in [0.717, 1.165) is 19.5 Å². The summed E-state index contributed by atoms with van der Waals surface area (Å²) in [6.07, 6.45) is 7.18. The Labute approximate surface area is 115 Å². The first kappa shape index (κ1) is 14.4. The van der Waals surface area contributed by atoms with E-state index in [9.17, 15) is 5.11 Å². The average molecular weight is 263 g/mol. The van der Waals surface area contributed by atoms with Gasteiger partial charge in [-0.05, 0) is 50.9 Å². The van der Waals surface area contributed by atoms with Crippen molar-refractivity contribution >= 4 is 0 Å². The topological polar surface area (TPSA) is 48.4 Å². The summed E-state index contributed by atoms with van der Waals surface area (Å²) in [6.45, 7) is 4.15. The maximum Gasteiger partial charge on any atom is 0.0623 e. The van der Waals surface area contributed by atoms with Crippen molar-refractivity contribution < 1.29 is 5.11 Å². The van der Waals surface area contributed by atoms with Crippen LogP contribution in [0.15, 0.2) is 24.5 Å². The zero-order chi connectivity index (χ0) is 13.7. The fourth-order valence-corrected chi connectivity index (χ4v) is 2.41. The van der Waals surface area contributed by atoms with Gasteiger partial charge < -0.3 is 15.3 Å². The van der Waals surface area contributed by atoms with Gasteiger partial charge in [0.15, 0.2) is 0 Å². The first-order chi connectivity index (χ1) is 9.11. The van der Waals surface area contributed by atoms with Gasteiger partial charge in [-0.15, -0.1) is 0 Å². The number of aliphatic hydroxyl groups excluding tert-OH is 1. The first-order valence-corrected chi connectivity index (χ1v) is 7.07. The highest BCUT2D eigenvalue weighted by Crippen LogP contribution is 2.22. The van der Waals surface area contributed by atoms with Crippen LogP contribution in [0.1, 0.15) is 25.3 Å². The molecule has 0 aliphatic heterocycles. The van der Waals surface area contributed by atoms with Crippen LogP contribution in [0.25, 0.3) is 0 Å². The van der Waals surface area contributed by atoms with Crippen LogP contribution < -0.4 is 5.32 Å². The Bertz CT molecular complexity index is 380. The molecule has 4 nitrogen and oxygen atoms in total. The second-order valence-corrected chi connectivity index (χ2v) is 5.98. The third-order valence-corrected chi connectivity index (χ3v) is 3.63. The van der Waals surface area contributed by atoms with Gasteiger partial charge in [0.2, 0.25) is 0 Å². The van der Waals surface area contributed by atoms with Gasteiger partial charge in [0.25, 0.3) is 0 Å². The molecule has 2 N–H and O–H groups in total. The van der Waals surface area contributed by atoms with E-state index in [0.29, 0.717) is 6.04 Å². The van der Waals surface area contributed by atoms with Crippen molar-refractivity contribution in [2.45, 2.75) is 37.8 Å². The van der Waals surface area contributed by atoms with E-state index in [1.165, 1.54) is 18.4 Å². The lowest BCUT2D eigenvalue weighted by molar-refractivity contribution is 0.131. The summed E-state index contributed by atoms with van der Waals surface area (Å²) in [7, 11) is 2.11. The molecule has 1 aromatic heterocycles. The quantitative estimate of drug-likeness (QED) is 0.736. The smallest absolute Gasteiger partial charge is 0.0623 e. The van der Waals surface area contributed by atoms with Gasteiger partial charge in [-0.1, -0.05) is 0 Å². The third-order valence-electron chi connectivity index (χ3n) is 3.63. The summed E-state index contributed by atoms with van der Waals surface area (Å²) in [5.74, 6) is 0. The lowest BCUT2D eigenvalue weighted by atomic mass is 10.0. The van der Waals surface area contributed by atoms with Crippen LogP contribution in [0.2, 0.25) is 0 Å². The standard InChI is InChI=1S/C15H25N3O/c1-15(12-19,17-14-3-4-14)11-18(2)10-7-13-5-8-16-9-6-13/h5-6,8-9,14,17,19H,3-4,7,10-12H2,1-2H3. The minimum atomic E-state index is -0.186. The maximum atomic E-state index is 9.60. The molecule has 0 amide bonds. The number of hydrogen-bond donors (Lipinski definition) is 2. The number of rotatable bonds is 8. The number of nitrogens with one attached hydrogen (secondary N) is 1. The largest absolute Gasteiger partial charge is 0.394 e. The molecule has 0 radical (unpaired) electrons. The van der Waals surface area contributed by atoms with Gasteiger partial charge in [0.05, 0.1) is 12.1 Å². The molecule has 1 aliphatic carbocycles. The average Bonchev–Trinajstić information content (AvgIpc) is 3.21. The van der Waals surface area contributed by atoms with Crippen LogP contribution >= 0.6 is 0 Å². The molecule has 1 aromatic rings. The number of aromatic nitrogens is 1. The van der Waals surface area contributed by atoms with Crippen LogP contribution in [-0.2, 0) is 6.42 Å². The zero-order valence-corrected chi connectivity index (χ0v) is 12.0. The number of pyridine rings is 1. The second kappa shape index (κ2) is 6.46. The van der Waals surface area contributed by atoms with Crippen molar-refractivity contribution in [3.8, 4) is 0 Å². The van der Waals surface area contributed by atoms with E-state index in [1.54, 1.807) is 0 Å². The number of nitrogens with zero attached hydrogens (tertiary/aromatic N) is 2. The van der Waals surface area contributed by atoms with Crippen molar-refractivity contribution in [2.75, 3.05) is 26.7 Å². The first-order valence-electron chi connectivity index (χ1n) is 7.07. The molecule has 2 rings (SSSR count). The Hall–Kier alpha value is -0.970. The van der Waals surface area contributed by atoms with Gasteiger partial charge in [0, 0.05) is 31.5 Å². The minimum Gasteiger partial charge on any atom is -0.394 e. The molecule has 1 atom stereocenters. The van der Waals surface area contributed by atoms with Gasteiger partial charge in [-0.25, -0.2) is 0 Å². The van der Waals surface area contributed by atoms with E-state index < -0.39 is 0 Å². The Morgan fingerprint density at radius 3 is 2.68 bits per heavy atom. The van der Waals surface area contributed by atoms with Crippen LogP contribution in [0.4, 0.5) is 0 Å².